The summed E-state index contributed by atoms with van der Waals surface area (Å²) in [7, 11) is 0. The number of ether oxygens (including phenoxy) is 2. The van der Waals surface area contributed by atoms with Gasteiger partial charge in [0.1, 0.15) is 18.5 Å². The van der Waals surface area contributed by atoms with E-state index in [4.69, 9.17) is 26.1 Å². The van der Waals surface area contributed by atoms with Crippen LogP contribution in [0.1, 0.15) is 37.3 Å². The van der Waals surface area contributed by atoms with Gasteiger partial charge in [-0.2, -0.15) is 0 Å². The fraction of sp³-hybridized carbons (Fsp3) is 0.296. The van der Waals surface area contributed by atoms with Crippen molar-refractivity contribution in [1.82, 2.24) is 4.98 Å². The molecule has 178 valence electrons. The van der Waals surface area contributed by atoms with Gasteiger partial charge < -0.3 is 9.47 Å². The first-order valence-corrected chi connectivity index (χ1v) is 12.9. The van der Waals surface area contributed by atoms with Crippen LogP contribution < -0.4 is 9.64 Å². The molecule has 3 atom stereocenters. The minimum atomic E-state index is -0.614. The number of anilines is 1. The molecule has 0 N–H and O–H groups in total. The van der Waals surface area contributed by atoms with Gasteiger partial charge in [0.25, 0.3) is 5.91 Å². The highest BCUT2D eigenvalue weighted by Crippen LogP contribution is 2.49. The maximum Gasteiger partial charge on any atom is 0.296 e. The zero-order valence-electron chi connectivity index (χ0n) is 18.9. The number of benzene rings is 2. The lowest BCUT2D eigenvalue weighted by Gasteiger charge is -2.35. The van der Waals surface area contributed by atoms with Crippen molar-refractivity contribution in [3.05, 3.63) is 77.0 Å². The van der Waals surface area contributed by atoms with E-state index in [0.717, 1.165) is 41.5 Å². The Kier molecular flexibility index (Phi) is 5.61. The zero-order chi connectivity index (χ0) is 24.1. The Morgan fingerprint density at radius 3 is 2.77 bits per heavy atom. The van der Waals surface area contributed by atoms with Crippen molar-refractivity contribution >= 4 is 50.0 Å². The van der Waals surface area contributed by atoms with Gasteiger partial charge >= 0.3 is 0 Å². The summed E-state index contributed by atoms with van der Waals surface area (Å²) < 4.78 is 12.8. The summed E-state index contributed by atoms with van der Waals surface area (Å²) >= 11 is 7.57. The fourth-order valence-electron chi connectivity index (χ4n) is 5.25. The second kappa shape index (κ2) is 8.81. The van der Waals surface area contributed by atoms with Gasteiger partial charge in [-0.15, -0.1) is 0 Å². The number of hydrogen-bond acceptors (Lipinski definition) is 6. The summed E-state index contributed by atoms with van der Waals surface area (Å²) in [5, 5.41) is 1.12. The molecule has 3 aromatic rings. The van der Waals surface area contributed by atoms with Crippen LogP contribution in [-0.4, -0.2) is 29.4 Å². The number of amides is 1. The smallest absolute Gasteiger partial charge is 0.296 e. The van der Waals surface area contributed by atoms with Crippen molar-refractivity contribution < 1.29 is 19.1 Å². The second-order valence-electron chi connectivity index (χ2n) is 9.01. The normalized spacial score (nSPS) is 23.8. The van der Waals surface area contributed by atoms with Crippen LogP contribution in [0, 0.1) is 5.92 Å². The van der Waals surface area contributed by atoms with E-state index in [9.17, 15) is 9.59 Å². The average molecular weight is 507 g/mol. The Labute approximate surface area is 211 Å². The molecule has 0 bridgehead atoms. The summed E-state index contributed by atoms with van der Waals surface area (Å²) in [6, 6.07) is 12.3. The molecule has 2 aliphatic heterocycles. The Hall–Kier alpha value is -3.16. The summed E-state index contributed by atoms with van der Waals surface area (Å²) in [6.07, 6.45) is 5.02. The molecule has 1 aromatic heterocycles. The molecule has 0 spiro atoms. The van der Waals surface area contributed by atoms with Gasteiger partial charge in [-0.25, -0.2) is 4.98 Å². The molecule has 0 saturated heterocycles. The summed E-state index contributed by atoms with van der Waals surface area (Å²) in [5.41, 5.74) is 1.99. The number of fused-ring (bicyclic) bond motifs is 2. The van der Waals surface area contributed by atoms with Crippen LogP contribution in [0.15, 0.2) is 66.5 Å². The first-order valence-electron chi connectivity index (χ1n) is 11.7. The molecule has 6 rings (SSSR count). The van der Waals surface area contributed by atoms with Crippen LogP contribution in [0.4, 0.5) is 5.13 Å². The monoisotopic (exact) mass is 506 g/mol. The molecular weight excluding hydrogens is 484 g/mol. The van der Waals surface area contributed by atoms with Crippen LogP contribution in [0.5, 0.6) is 5.75 Å². The minimum absolute atomic E-state index is 0.0212. The molecule has 2 aromatic carbocycles. The van der Waals surface area contributed by atoms with Crippen LogP contribution in [0.3, 0.4) is 0 Å². The quantitative estimate of drug-likeness (QED) is 0.396. The summed E-state index contributed by atoms with van der Waals surface area (Å²) in [5.74, 6) is 0.355. The number of hydrogen-bond donors (Lipinski definition) is 0. The molecule has 3 heterocycles. The number of thiazole rings is 1. The van der Waals surface area contributed by atoms with E-state index in [1.807, 2.05) is 36.4 Å². The number of carbonyl (C=O) groups excluding carboxylic acids is 2. The lowest BCUT2D eigenvalue weighted by molar-refractivity contribution is -0.131. The molecular formula is C27H23ClN2O4S. The molecule has 3 aliphatic rings. The third-order valence-electron chi connectivity index (χ3n) is 6.87. The molecule has 1 aliphatic carbocycles. The Bertz CT molecular complexity index is 1380. The van der Waals surface area contributed by atoms with Gasteiger partial charge in [-0.05, 0) is 55.2 Å². The average Bonchev–Trinajstić information content (AvgIpc) is 3.41. The fourth-order valence-corrected chi connectivity index (χ4v) is 6.52. The van der Waals surface area contributed by atoms with Crippen LogP contribution in [0.25, 0.3) is 10.2 Å². The number of nitrogens with zero attached hydrogens (tertiary/aromatic N) is 2. The Morgan fingerprint density at radius 2 is 1.97 bits per heavy atom. The Morgan fingerprint density at radius 1 is 1.17 bits per heavy atom. The highest BCUT2D eigenvalue weighted by atomic mass is 35.5. The molecule has 35 heavy (non-hydrogen) atoms. The Balaban J connectivity index is 1.46. The molecule has 6 nitrogen and oxygen atoms in total. The van der Waals surface area contributed by atoms with Crippen molar-refractivity contribution in [1.29, 1.82) is 0 Å². The van der Waals surface area contributed by atoms with E-state index in [-0.39, 0.29) is 29.5 Å². The van der Waals surface area contributed by atoms with E-state index in [1.165, 1.54) is 11.3 Å². The maximum atomic E-state index is 13.8. The molecule has 0 radical (unpaired) electrons. The highest BCUT2D eigenvalue weighted by molar-refractivity contribution is 7.22. The standard InChI is InChI=1S/C27H23ClN2O4S/c1-2-13-33-17-10-7-15(8-11-17)23-22-24(31)18-5-3-4-6-20(18)34-25(22)26(32)30(23)27-29-19-12-9-16(28)14-21(19)35-27/h2,7-12,14,18,20,23H,1,3-6,13H2. The predicted octanol–water partition coefficient (Wildman–Crippen LogP) is 6.01. The van der Waals surface area contributed by atoms with Gasteiger partial charge in [0.2, 0.25) is 0 Å². The van der Waals surface area contributed by atoms with E-state index in [0.29, 0.717) is 28.1 Å². The largest absolute Gasteiger partial charge is 0.490 e. The van der Waals surface area contributed by atoms with Gasteiger partial charge in [0, 0.05) is 5.02 Å². The van der Waals surface area contributed by atoms with Crippen LogP contribution in [-0.2, 0) is 14.3 Å². The van der Waals surface area contributed by atoms with Crippen LogP contribution in [0.2, 0.25) is 5.02 Å². The topological polar surface area (TPSA) is 68.7 Å². The van der Waals surface area contributed by atoms with E-state index >= 15 is 0 Å². The van der Waals surface area contributed by atoms with E-state index in [2.05, 4.69) is 6.58 Å². The first kappa shape index (κ1) is 22.3. The van der Waals surface area contributed by atoms with Crippen molar-refractivity contribution in [2.24, 2.45) is 5.92 Å². The van der Waals surface area contributed by atoms with Gasteiger partial charge in [-0.1, -0.05) is 54.1 Å². The van der Waals surface area contributed by atoms with Gasteiger partial charge in [-0.3, -0.25) is 14.5 Å². The number of carbonyl (C=O) groups is 2. The SMILES string of the molecule is C=CCOc1ccc(C2C3=C(OC4CCCCC4C3=O)C(=O)N2c2nc3ccc(Cl)cc3s2)cc1. The second-order valence-corrected chi connectivity index (χ2v) is 10.5. The third kappa shape index (κ3) is 3.74. The number of rotatable bonds is 5. The maximum absolute atomic E-state index is 13.8. The molecule has 3 unspecified atom stereocenters. The molecule has 1 fully saturated rings. The van der Waals surface area contributed by atoms with Crippen molar-refractivity contribution in [2.45, 2.75) is 37.8 Å². The molecule has 1 saturated carbocycles. The highest BCUT2D eigenvalue weighted by Gasteiger charge is 2.53. The minimum Gasteiger partial charge on any atom is -0.490 e. The number of Topliss-reactive ketones (excluding diaryl/α,β-unsaturated/α-hetero) is 1. The summed E-state index contributed by atoms with van der Waals surface area (Å²) in [6.45, 7) is 4.07. The van der Waals surface area contributed by atoms with Crippen molar-refractivity contribution in [3.63, 3.8) is 0 Å². The zero-order valence-corrected chi connectivity index (χ0v) is 20.5. The molecule has 8 heteroatoms. The van der Waals surface area contributed by atoms with Crippen LogP contribution >= 0.6 is 22.9 Å². The predicted molar refractivity (Wildman–Crippen MR) is 136 cm³/mol. The van der Waals surface area contributed by atoms with Crippen molar-refractivity contribution in [2.75, 3.05) is 11.5 Å². The van der Waals surface area contributed by atoms with E-state index in [1.54, 1.807) is 17.0 Å². The van der Waals surface area contributed by atoms with E-state index < -0.39 is 6.04 Å². The lowest BCUT2D eigenvalue weighted by atomic mass is 9.77. The van der Waals surface area contributed by atoms with Gasteiger partial charge in [0.05, 0.1) is 27.7 Å². The summed E-state index contributed by atoms with van der Waals surface area (Å²) in [4.78, 5) is 33.9. The van der Waals surface area contributed by atoms with Crippen molar-refractivity contribution in [3.8, 4) is 5.75 Å². The number of ketones is 1. The third-order valence-corrected chi connectivity index (χ3v) is 8.12. The molecule has 1 amide bonds. The lowest BCUT2D eigenvalue weighted by Crippen LogP contribution is -2.39. The van der Waals surface area contributed by atoms with Gasteiger partial charge in [0.15, 0.2) is 16.7 Å². The number of halogens is 1. The first-order chi connectivity index (χ1) is 17.0. The number of aromatic nitrogens is 1.